The van der Waals surface area contributed by atoms with Gasteiger partial charge in [-0.15, -0.1) is 0 Å². The Kier molecular flexibility index (Phi) is 9.31. The van der Waals surface area contributed by atoms with E-state index in [1.165, 1.54) is 17.7 Å². The lowest BCUT2D eigenvalue weighted by molar-refractivity contribution is 0.0889. The number of unbranched alkanes of at least 4 members (excludes halogenated alkanes) is 3. The molecule has 0 unspecified atom stereocenters. The first-order chi connectivity index (χ1) is 8.88. The van der Waals surface area contributed by atoms with E-state index in [-0.39, 0.29) is 18.3 Å². The molecule has 0 saturated heterocycles. The molecule has 2 atom stereocenters. The lowest BCUT2D eigenvalue weighted by Crippen LogP contribution is -2.28. The number of hydrogen-bond donors (Lipinski definition) is 1. The van der Waals surface area contributed by atoms with E-state index >= 15 is 0 Å². The molecule has 0 aliphatic heterocycles. The van der Waals surface area contributed by atoms with Crippen molar-refractivity contribution < 1.29 is 14.6 Å². The smallest absolute Gasteiger partial charge is 0.409 e. The van der Waals surface area contributed by atoms with Crippen LogP contribution in [0.3, 0.4) is 0 Å². The minimum absolute atomic E-state index is 0.361. The lowest BCUT2D eigenvalue weighted by atomic mass is 10.0. The number of rotatable bonds is 9. The Bertz CT molecular complexity index is 277. The molecule has 0 spiro atoms. The van der Waals surface area contributed by atoms with Gasteiger partial charge in [-0.1, -0.05) is 39.2 Å². The van der Waals surface area contributed by atoms with Crippen LogP contribution in [0.25, 0.3) is 0 Å². The summed E-state index contributed by atoms with van der Waals surface area (Å²) in [6.07, 6.45) is 4.75. The molecule has 19 heavy (non-hydrogen) atoms. The first-order valence-electron chi connectivity index (χ1n) is 7.12. The maximum atomic E-state index is 11.4. The third-order valence-corrected chi connectivity index (χ3v) is 3.11. The number of aliphatic hydroxyl groups is 1. The van der Waals surface area contributed by atoms with Crippen LogP contribution >= 0.6 is 0 Å². The lowest BCUT2D eigenvalue weighted by Gasteiger charge is -2.20. The summed E-state index contributed by atoms with van der Waals surface area (Å²) in [5.74, 6) is 0. The van der Waals surface area contributed by atoms with Crippen molar-refractivity contribution in [2.75, 3.05) is 14.1 Å². The number of nitrogens with zero attached hydrogens (tertiary/aromatic N) is 1. The van der Waals surface area contributed by atoms with E-state index < -0.39 is 0 Å². The van der Waals surface area contributed by atoms with Crippen molar-refractivity contribution in [1.82, 2.24) is 4.90 Å². The van der Waals surface area contributed by atoms with Gasteiger partial charge in [-0.25, -0.2) is 4.79 Å². The van der Waals surface area contributed by atoms with Crippen LogP contribution in [-0.4, -0.2) is 42.4 Å². The van der Waals surface area contributed by atoms with Gasteiger partial charge in [0.25, 0.3) is 0 Å². The number of carbonyl (C=O) groups excluding carboxylic acids is 1. The summed E-state index contributed by atoms with van der Waals surface area (Å²) in [6, 6.07) is 0. The highest BCUT2D eigenvalue weighted by atomic mass is 16.6. The second-order valence-electron chi connectivity index (χ2n) is 5.29. The summed E-state index contributed by atoms with van der Waals surface area (Å²) in [6.45, 7) is 7.85. The van der Waals surface area contributed by atoms with E-state index in [1.807, 2.05) is 0 Å². The van der Waals surface area contributed by atoms with Crippen molar-refractivity contribution in [3.63, 3.8) is 0 Å². The maximum Gasteiger partial charge on any atom is 0.409 e. The molecule has 0 aromatic rings. The number of hydrogen-bond acceptors (Lipinski definition) is 3. The van der Waals surface area contributed by atoms with Crippen LogP contribution in [0.1, 0.15) is 52.4 Å². The van der Waals surface area contributed by atoms with Crippen LogP contribution in [0.5, 0.6) is 0 Å². The molecule has 0 radical (unpaired) electrons. The molecule has 0 rings (SSSR count). The second-order valence-corrected chi connectivity index (χ2v) is 5.29. The van der Waals surface area contributed by atoms with Crippen molar-refractivity contribution in [2.45, 2.75) is 64.6 Å². The number of aliphatic hydroxyl groups excluding tert-OH is 1. The topological polar surface area (TPSA) is 49.8 Å². The molecule has 112 valence electrons. The molecule has 1 amide bonds. The Balaban J connectivity index is 3.91. The van der Waals surface area contributed by atoms with Crippen molar-refractivity contribution in [2.24, 2.45) is 0 Å². The molecule has 0 fully saturated rings. The van der Waals surface area contributed by atoms with E-state index in [1.54, 1.807) is 21.0 Å². The summed E-state index contributed by atoms with van der Waals surface area (Å²) >= 11 is 0. The summed E-state index contributed by atoms with van der Waals surface area (Å²) in [4.78, 5) is 12.8. The van der Waals surface area contributed by atoms with E-state index in [9.17, 15) is 9.90 Å². The van der Waals surface area contributed by atoms with Gasteiger partial charge in [0.15, 0.2) is 0 Å². The molecular weight excluding hydrogens is 242 g/mol. The van der Waals surface area contributed by atoms with Crippen molar-refractivity contribution in [1.29, 1.82) is 0 Å². The van der Waals surface area contributed by atoms with Crippen molar-refractivity contribution >= 4 is 6.09 Å². The Morgan fingerprint density at radius 3 is 2.47 bits per heavy atom. The predicted octanol–water partition coefficient (Wildman–Crippen LogP) is 3.35. The van der Waals surface area contributed by atoms with Crippen LogP contribution < -0.4 is 0 Å². The van der Waals surface area contributed by atoms with Crippen LogP contribution in [0.2, 0.25) is 0 Å². The van der Waals surface area contributed by atoms with Gasteiger partial charge in [0.1, 0.15) is 6.10 Å². The highest BCUT2D eigenvalue weighted by Crippen LogP contribution is 2.16. The fourth-order valence-corrected chi connectivity index (χ4v) is 1.72. The van der Waals surface area contributed by atoms with Crippen LogP contribution in [0, 0.1) is 0 Å². The number of ether oxygens (including phenoxy) is 1. The summed E-state index contributed by atoms with van der Waals surface area (Å²) in [5, 5.41) is 9.90. The molecule has 0 heterocycles. The zero-order chi connectivity index (χ0) is 14.8. The van der Waals surface area contributed by atoms with Crippen LogP contribution in [0.4, 0.5) is 4.79 Å². The minimum atomic E-state index is -0.384. The van der Waals surface area contributed by atoms with E-state index in [0.29, 0.717) is 6.42 Å². The first-order valence-corrected chi connectivity index (χ1v) is 7.12. The Morgan fingerprint density at radius 1 is 1.32 bits per heavy atom. The third kappa shape index (κ3) is 8.65. The van der Waals surface area contributed by atoms with Gasteiger partial charge in [-0.3, -0.25) is 0 Å². The second kappa shape index (κ2) is 9.84. The number of amides is 1. The zero-order valence-electron chi connectivity index (χ0n) is 12.8. The molecule has 0 aromatic carbocycles. The minimum Gasteiger partial charge on any atom is -0.442 e. The van der Waals surface area contributed by atoms with Gasteiger partial charge in [0, 0.05) is 14.1 Å². The summed E-state index contributed by atoms with van der Waals surface area (Å²) < 4.78 is 5.19. The molecule has 4 heteroatoms. The average molecular weight is 271 g/mol. The Morgan fingerprint density at radius 2 is 1.95 bits per heavy atom. The molecule has 1 N–H and O–H groups in total. The van der Waals surface area contributed by atoms with Crippen LogP contribution in [0.15, 0.2) is 12.2 Å². The highest BCUT2D eigenvalue weighted by Gasteiger charge is 2.16. The summed E-state index contributed by atoms with van der Waals surface area (Å²) in [7, 11) is 3.28. The van der Waals surface area contributed by atoms with Crippen LogP contribution in [-0.2, 0) is 4.74 Å². The molecule has 0 aliphatic rings. The van der Waals surface area contributed by atoms with Gasteiger partial charge in [0.05, 0.1) is 6.10 Å². The highest BCUT2D eigenvalue weighted by molar-refractivity contribution is 5.67. The van der Waals surface area contributed by atoms with Crippen molar-refractivity contribution in [3.05, 3.63) is 12.2 Å². The first kappa shape index (κ1) is 18.0. The van der Waals surface area contributed by atoms with E-state index in [2.05, 4.69) is 13.5 Å². The molecule has 0 aromatic heterocycles. The molecule has 0 aliphatic carbocycles. The fraction of sp³-hybridized carbons (Fsp3) is 0.800. The Labute approximate surface area is 117 Å². The van der Waals surface area contributed by atoms with E-state index in [4.69, 9.17) is 4.74 Å². The zero-order valence-corrected chi connectivity index (χ0v) is 12.8. The monoisotopic (exact) mass is 271 g/mol. The predicted molar refractivity (Wildman–Crippen MR) is 78.2 cm³/mol. The average Bonchev–Trinajstić information content (AvgIpc) is 2.34. The SMILES string of the molecule is C=C(C[C@@H](O)CCCCCC)[C@@H](C)OC(=O)N(C)C. The van der Waals surface area contributed by atoms with Gasteiger partial charge < -0.3 is 14.7 Å². The normalized spacial score (nSPS) is 13.7. The molecule has 0 bridgehead atoms. The Hall–Kier alpha value is -1.03. The van der Waals surface area contributed by atoms with Gasteiger partial charge in [0.2, 0.25) is 0 Å². The maximum absolute atomic E-state index is 11.4. The van der Waals surface area contributed by atoms with Crippen molar-refractivity contribution in [3.8, 4) is 0 Å². The fourth-order valence-electron chi connectivity index (χ4n) is 1.72. The third-order valence-electron chi connectivity index (χ3n) is 3.11. The number of carbonyl (C=O) groups is 1. The largest absolute Gasteiger partial charge is 0.442 e. The molecular formula is C15H29NO3. The van der Waals surface area contributed by atoms with Gasteiger partial charge in [-0.05, 0) is 25.3 Å². The quantitative estimate of drug-likeness (QED) is 0.517. The summed E-state index contributed by atoms with van der Waals surface area (Å²) in [5.41, 5.74) is 0.762. The van der Waals surface area contributed by atoms with Gasteiger partial charge in [-0.2, -0.15) is 0 Å². The van der Waals surface area contributed by atoms with E-state index in [0.717, 1.165) is 24.8 Å². The van der Waals surface area contributed by atoms with Gasteiger partial charge >= 0.3 is 6.09 Å². The standard InChI is InChI=1S/C15H29NO3/c1-6-7-8-9-10-14(17)11-12(2)13(3)19-15(18)16(4)5/h13-14,17H,2,6-11H2,1,3-5H3/t13-,14+/m1/s1. The molecule has 4 nitrogen and oxygen atoms in total. The molecule has 0 saturated carbocycles.